The molecule has 0 spiro atoms. The Morgan fingerprint density at radius 3 is 1.45 bits per heavy atom. The van der Waals surface area contributed by atoms with E-state index in [1.165, 1.54) is 4.90 Å². The quantitative estimate of drug-likeness (QED) is 0.467. The van der Waals surface area contributed by atoms with Crippen LogP contribution >= 0.6 is 0 Å². The van der Waals surface area contributed by atoms with Crippen molar-refractivity contribution in [3.05, 3.63) is 4.13 Å². The Kier molecular flexibility index (Phi) is 11.5. The van der Waals surface area contributed by atoms with Crippen LogP contribution in [0, 0.1) is 0 Å². The summed E-state index contributed by atoms with van der Waals surface area (Å²) < 4.78 is 146. The van der Waals surface area contributed by atoms with Crippen molar-refractivity contribution < 1.29 is 56.3 Å². The van der Waals surface area contributed by atoms with E-state index < -0.39 is 43.8 Å². The minimum atomic E-state index is -6.72. The molecule has 0 amide bonds. The Bertz CT molecular complexity index is 644. The molecular formula is C12H20F9N2O4S2-. The molecule has 0 saturated carbocycles. The molecule has 6 nitrogen and oxygen atoms in total. The maximum Gasteiger partial charge on any atom is 0.480 e. The van der Waals surface area contributed by atoms with E-state index in [4.69, 9.17) is 0 Å². The van der Waals surface area contributed by atoms with Gasteiger partial charge in [-0.1, -0.05) is 20.3 Å². The maximum atomic E-state index is 12.2. The van der Waals surface area contributed by atoms with Gasteiger partial charge in [-0.05, 0) is 26.3 Å². The van der Waals surface area contributed by atoms with E-state index in [0.717, 1.165) is 23.4 Å². The summed E-state index contributed by atoms with van der Waals surface area (Å²) in [6.45, 7) is 5.52. The monoisotopic (exact) mass is 491 g/mol. The number of halogens is 9. The Morgan fingerprint density at radius 1 is 0.828 bits per heavy atom. The Hall–Kier alpha value is -0.810. The molecule has 1 unspecified atom stereocenters. The van der Waals surface area contributed by atoms with E-state index in [9.17, 15) is 56.3 Å². The summed E-state index contributed by atoms with van der Waals surface area (Å²) in [5.41, 5.74) is -12.4. The smallest absolute Gasteiger partial charge is 0.421 e. The van der Waals surface area contributed by atoms with Gasteiger partial charge in [0.15, 0.2) is 20.0 Å². The number of rotatable bonds is 8. The predicted octanol–water partition coefficient (Wildman–Crippen LogP) is 4.51. The summed E-state index contributed by atoms with van der Waals surface area (Å²) >= 11 is 0. The number of unbranched alkanes of at least 4 members (excludes halogenated alkanes) is 1. The highest BCUT2D eigenvalue weighted by Gasteiger charge is 2.46. The average Bonchev–Trinajstić information content (AvgIpc) is 2.46. The van der Waals surface area contributed by atoms with E-state index >= 15 is 0 Å². The van der Waals surface area contributed by atoms with Crippen molar-refractivity contribution in [2.24, 2.45) is 0 Å². The first-order valence-corrected chi connectivity index (χ1v) is 10.7. The lowest BCUT2D eigenvalue weighted by Crippen LogP contribution is -2.40. The van der Waals surface area contributed by atoms with Gasteiger partial charge in [0.25, 0.3) is 0 Å². The first-order valence-electron chi connectivity index (χ1n) is 7.78. The molecule has 1 atom stereocenters. The van der Waals surface area contributed by atoms with Crippen molar-refractivity contribution in [2.45, 2.75) is 63.3 Å². The highest BCUT2D eigenvalue weighted by atomic mass is 32.3. The van der Waals surface area contributed by atoms with E-state index in [0.29, 0.717) is 6.54 Å². The number of alkyl halides is 9. The van der Waals surface area contributed by atoms with Gasteiger partial charge in [0, 0.05) is 6.04 Å². The van der Waals surface area contributed by atoms with Gasteiger partial charge < -0.3 is 4.13 Å². The van der Waals surface area contributed by atoms with Crippen LogP contribution in [0.1, 0.15) is 40.0 Å². The topological polar surface area (TPSA) is 85.6 Å². The molecule has 0 rings (SSSR count). The van der Waals surface area contributed by atoms with Crippen LogP contribution in [0.3, 0.4) is 0 Å². The second-order valence-electron chi connectivity index (χ2n) is 5.61. The van der Waals surface area contributed by atoms with E-state index in [1.807, 2.05) is 20.8 Å². The number of sulfonamides is 2. The first-order chi connectivity index (χ1) is 12.6. The molecule has 29 heavy (non-hydrogen) atoms. The van der Waals surface area contributed by atoms with Crippen LogP contribution < -0.4 is 0 Å². The van der Waals surface area contributed by atoms with Crippen molar-refractivity contribution in [3.63, 3.8) is 0 Å². The fourth-order valence-electron chi connectivity index (χ4n) is 1.52. The van der Waals surface area contributed by atoms with Crippen LogP contribution in [0.15, 0.2) is 0 Å². The minimum absolute atomic E-state index is 0.0168. The summed E-state index contributed by atoms with van der Waals surface area (Å²) in [6.07, 6.45) is -1.54. The summed E-state index contributed by atoms with van der Waals surface area (Å²) in [5, 5.41) is 0. The molecule has 0 aromatic heterocycles. The molecule has 0 aliphatic heterocycles. The zero-order chi connectivity index (χ0) is 23.9. The largest absolute Gasteiger partial charge is 0.480 e. The van der Waals surface area contributed by atoms with Gasteiger partial charge in [0.05, 0.1) is 6.54 Å². The SMILES string of the molecule is CCCCN(CC(F)(F)F)C(C)CC.O=S(=O)([N-]S(=O)(=O)C(F)(F)F)C(F)(F)F. The second-order valence-corrected chi connectivity index (χ2v) is 9.03. The molecule has 0 N–H and O–H groups in total. The van der Waals surface area contributed by atoms with Crippen molar-refractivity contribution >= 4 is 20.0 Å². The van der Waals surface area contributed by atoms with Gasteiger partial charge in [0.2, 0.25) is 0 Å². The molecule has 0 aliphatic rings. The van der Waals surface area contributed by atoms with Crippen LogP contribution in [0.2, 0.25) is 0 Å². The molecule has 0 fully saturated rings. The zero-order valence-corrected chi connectivity index (χ0v) is 17.0. The van der Waals surface area contributed by atoms with Crippen molar-refractivity contribution in [3.8, 4) is 0 Å². The third kappa shape index (κ3) is 11.8. The zero-order valence-electron chi connectivity index (χ0n) is 15.4. The normalized spacial score (nSPS) is 15.1. The predicted molar refractivity (Wildman–Crippen MR) is 85.6 cm³/mol. The summed E-state index contributed by atoms with van der Waals surface area (Å²) in [5.74, 6) is 0. The Balaban J connectivity index is 0. The van der Waals surface area contributed by atoms with Gasteiger partial charge in [0.1, 0.15) is 0 Å². The fraction of sp³-hybridized carbons (Fsp3) is 1.00. The third-order valence-corrected chi connectivity index (χ3v) is 5.92. The number of hydrogen-bond acceptors (Lipinski definition) is 5. The molecule has 178 valence electrons. The Labute approximate surface area is 162 Å². The minimum Gasteiger partial charge on any atom is -0.421 e. The molecule has 0 bridgehead atoms. The Morgan fingerprint density at radius 2 is 1.21 bits per heavy atom. The maximum absolute atomic E-state index is 12.2. The van der Waals surface area contributed by atoms with Crippen LogP contribution in [-0.2, 0) is 20.0 Å². The van der Waals surface area contributed by atoms with E-state index in [2.05, 4.69) is 0 Å². The van der Waals surface area contributed by atoms with Gasteiger partial charge in [-0.25, -0.2) is 16.8 Å². The van der Waals surface area contributed by atoms with E-state index in [-0.39, 0.29) is 6.04 Å². The van der Waals surface area contributed by atoms with Crippen molar-refractivity contribution in [2.75, 3.05) is 13.1 Å². The molecule has 17 heteroatoms. The van der Waals surface area contributed by atoms with Gasteiger partial charge in [-0.2, -0.15) is 39.5 Å². The summed E-state index contributed by atoms with van der Waals surface area (Å²) in [4.78, 5) is 1.52. The lowest BCUT2D eigenvalue weighted by Gasteiger charge is -2.29. The molecule has 0 heterocycles. The van der Waals surface area contributed by atoms with Gasteiger partial charge in [-0.15, -0.1) is 0 Å². The van der Waals surface area contributed by atoms with Crippen LogP contribution in [0.5, 0.6) is 0 Å². The summed E-state index contributed by atoms with van der Waals surface area (Å²) in [7, 11) is -13.4. The standard InChI is InChI=1S/C10H20F3N.C2F6NO4S2/c1-4-6-7-14(9(3)5-2)8-10(11,12)13;3-1(4,5)14(10,11)9-15(12,13)2(6,7)8/h9H,4-8H2,1-3H3;/q;-1. The lowest BCUT2D eigenvalue weighted by molar-refractivity contribution is -0.150. The molecule has 0 radical (unpaired) electrons. The third-order valence-electron chi connectivity index (χ3n) is 3.18. The lowest BCUT2D eigenvalue weighted by atomic mass is 10.2. The number of nitrogens with zero attached hydrogens (tertiary/aromatic N) is 2. The van der Waals surface area contributed by atoms with E-state index in [1.54, 1.807) is 0 Å². The van der Waals surface area contributed by atoms with Gasteiger partial charge in [-0.3, -0.25) is 4.90 Å². The average molecular weight is 491 g/mol. The molecule has 0 aromatic carbocycles. The first kappa shape index (κ1) is 30.4. The van der Waals surface area contributed by atoms with Crippen molar-refractivity contribution in [1.82, 2.24) is 4.90 Å². The van der Waals surface area contributed by atoms with Crippen LogP contribution in [0.25, 0.3) is 4.13 Å². The number of hydrogen-bond donors (Lipinski definition) is 0. The highest BCUT2D eigenvalue weighted by Crippen LogP contribution is 2.36. The van der Waals surface area contributed by atoms with Gasteiger partial charge >= 0.3 is 17.2 Å². The fourth-order valence-corrected chi connectivity index (χ4v) is 3.23. The molecule has 0 aromatic rings. The van der Waals surface area contributed by atoms with Crippen LogP contribution in [-0.4, -0.2) is 58.1 Å². The van der Waals surface area contributed by atoms with Crippen LogP contribution in [0.4, 0.5) is 39.5 Å². The summed E-state index contributed by atoms with van der Waals surface area (Å²) in [6, 6.07) is 0.0168. The highest BCUT2D eigenvalue weighted by molar-refractivity contribution is 8.13. The molecular weight excluding hydrogens is 471 g/mol. The molecule has 0 aliphatic carbocycles. The van der Waals surface area contributed by atoms with Crippen molar-refractivity contribution in [1.29, 1.82) is 0 Å². The molecule has 0 saturated heterocycles. The second kappa shape index (κ2) is 11.0.